The number of carbonyl (C=O) groups excluding carboxylic acids is 1. The van der Waals surface area contributed by atoms with Crippen LogP contribution in [-0.2, 0) is 4.74 Å². The molecule has 1 atom stereocenters. The number of ether oxygens (including phenoxy) is 1. The van der Waals surface area contributed by atoms with E-state index in [0.717, 1.165) is 61.1 Å². The fraction of sp³-hybridized carbons (Fsp3) is 0.375. The van der Waals surface area contributed by atoms with Gasteiger partial charge in [0.2, 0.25) is 0 Å². The Morgan fingerprint density at radius 2 is 1.80 bits per heavy atom. The summed E-state index contributed by atoms with van der Waals surface area (Å²) in [4.78, 5) is 23.0. The molecule has 158 valence electrons. The Hall–Kier alpha value is -2.66. The molecule has 2 aromatic rings. The van der Waals surface area contributed by atoms with Crippen molar-refractivity contribution in [2.75, 3.05) is 0 Å². The van der Waals surface area contributed by atoms with Gasteiger partial charge in [-0.2, -0.15) is 0 Å². The molecule has 0 saturated carbocycles. The molecule has 1 aliphatic rings. The SMILES string of the molecule is CCCCC[C@@H](OC(=O)c1ccc([N+](=O)[O-])cc1)c1ccc(C2=C(Cl)CCC2)cc1. The van der Waals surface area contributed by atoms with Crippen LogP contribution in [0.4, 0.5) is 5.69 Å². The van der Waals surface area contributed by atoms with Gasteiger partial charge < -0.3 is 4.74 Å². The average molecular weight is 428 g/mol. The Kier molecular flexibility index (Phi) is 7.63. The lowest BCUT2D eigenvalue weighted by Gasteiger charge is -2.19. The van der Waals surface area contributed by atoms with Gasteiger partial charge in [-0.05, 0) is 60.9 Å². The molecular weight excluding hydrogens is 402 g/mol. The van der Waals surface area contributed by atoms with Gasteiger partial charge in [0.05, 0.1) is 10.5 Å². The van der Waals surface area contributed by atoms with Crippen molar-refractivity contribution in [3.63, 3.8) is 0 Å². The predicted molar refractivity (Wildman–Crippen MR) is 118 cm³/mol. The van der Waals surface area contributed by atoms with Crippen LogP contribution in [-0.4, -0.2) is 10.9 Å². The summed E-state index contributed by atoms with van der Waals surface area (Å²) >= 11 is 6.34. The van der Waals surface area contributed by atoms with Gasteiger partial charge in [0, 0.05) is 17.2 Å². The summed E-state index contributed by atoms with van der Waals surface area (Å²) in [6.45, 7) is 2.13. The molecule has 0 saturated heterocycles. The first kappa shape index (κ1) is 22.0. The highest BCUT2D eigenvalue weighted by Gasteiger charge is 2.20. The first-order valence-electron chi connectivity index (χ1n) is 10.4. The molecule has 0 aliphatic heterocycles. The van der Waals surface area contributed by atoms with Crippen molar-refractivity contribution in [1.29, 1.82) is 0 Å². The zero-order chi connectivity index (χ0) is 21.5. The molecule has 0 heterocycles. The number of nitrogens with zero attached hydrogens (tertiary/aromatic N) is 1. The second-order valence-corrected chi connectivity index (χ2v) is 8.01. The van der Waals surface area contributed by atoms with Gasteiger partial charge in [-0.3, -0.25) is 10.1 Å². The van der Waals surface area contributed by atoms with Gasteiger partial charge in [-0.25, -0.2) is 4.79 Å². The molecule has 0 radical (unpaired) electrons. The van der Waals surface area contributed by atoms with Crippen LogP contribution >= 0.6 is 11.6 Å². The van der Waals surface area contributed by atoms with Crippen LogP contribution in [0.3, 0.4) is 0 Å². The smallest absolute Gasteiger partial charge is 0.338 e. The van der Waals surface area contributed by atoms with Crippen LogP contribution in [0.25, 0.3) is 5.57 Å². The number of hydrogen-bond donors (Lipinski definition) is 0. The van der Waals surface area contributed by atoms with Crippen molar-refractivity contribution >= 4 is 28.8 Å². The van der Waals surface area contributed by atoms with E-state index in [9.17, 15) is 14.9 Å². The van der Waals surface area contributed by atoms with Crippen molar-refractivity contribution in [3.05, 3.63) is 80.4 Å². The van der Waals surface area contributed by atoms with E-state index in [0.29, 0.717) is 5.56 Å². The molecule has 3 rings (SSSR count). The molecule has 0 fully saturated rings. The molecule has 0 aromatic heterocycles. The Bertz CT molecular complexity index is 919. The first-order chi connectivity index (χ1) is 14.5. The van der Waals surface area contributed by atoms with Gasteiger partial charge in [0.1, 0.15) is 6.10 Å². The lowest BCUT2D eigenvalue weighted by atomic mass is 9.98. The van der Waals surface area contributed by atoms with Crippen LogP contribution in [0.5, 0.6) is 0 Å². The molecule has 0 N–H and O–H groups in total. The molecule has 0 amide bonds. The van der Waals surface area contributed by atoms with Crippen LogP contribution in [0, 0.1) is 10.1 Å². The molecule has 0 unspecified atom stereocenters. The number of allylic oxidation sites excluding steroid dienone is 2. The van der Waals surface area contributed by atoms with Gasteiger partial charge in [0.15, 0.2) is 0 Å². The third-order valence-electron chi connectivity index (χ3n) is 5.41. The molecule has 2 aromatic carbocycles. The maximum atomic E-state index is 12.6. The maximum absolute atomic E-state index is 12.6. The zero-order valence-corrected chi connectivity index (χ0v) is 17.9. The lowest BCUT2D eigenvalue weighted by molar-refractivity contribution is -0.384. The largest absolute Gasteiger partial charge is 0.454 e. The number of hydrogen-bond acceptors (Lipinski definition) is 4. The van der Waals surface area contributed by atoms with E-state index in [1.807, 2.05) is 24.3 Å². The van der Waals surface area contributed by atoms with E-state index in [2.05, 4.69) is 6.92 Å². The molecule has 30 heavy (non-hydrogen) atoms. The standard InChI is InChI=1S/C24H26ClNO4/c1-2-3-4-8-23(30-24(27)19-13-15-20(16-14-19)26(28)29)18-11-9-17(10-12-18)21-6-5-7-22(21)25/h9-16,23H,2-8H2,1H3/t23-/m1/s1. The number of unbranched alkanes of at least 4 members (excludes halogenated alkanes) is 2. The number of rotatable bonds is 9. The van der Waals surface area contributed by atoms with Gasteiger partial charge in [-0.1, -0.05) is 55.6 Å². The number of non-ortho nitro benzene ring substituents is 1. The summed E-state index contributed by atoms with van der Waals surface area (Å²) < 4.78 is 5.81. The summed E-state index contributed by atoms with van der Waals surface area (Å²) in [6.07, 6.45) is 6.48. The Morgan fingerprint density at radius 1 is 1.10 bits per heavy atom. The molecule has 5 nitrogen and oxygen atoms in total. The van der Waals surface area contributed by atoms with E-state index in [-0.39, 0.29) is 11.8 Å². The van der Waals surface area contributed by atoms with Crippen LogP contribution in [0.1, 0.15) is 79.5 Å². The Morgan fingerprint density at radius 3 is 2.37 bits per heavy atom. The third kappa shape index (κ3) is 5.48. The first-order valence-corrected chi connectivity index (χ1v) is 10.8. The van der Waals surface area contributed by atoms with Crippen LogP contribution in [0.2, 0.25) is 0 Å². The van der Waals surface area contributed by atoms with E-state index in [4.69, 9.17) is 16.3 Å². The average Bonchev–Trinajstić information content (AvgIpc) is 3.19. The second kappa shape index (κ2) is 10.4. The van der Waals surface area contributed by atoms with Gasteiger partial charge in [-0.15, -0.1) is 0 Å². The Labute approximate surface area is 181 Å². The molecular formula is C24H26ClNO4. The number of halogens is 1. The summed E-state index contributed by atoms with van der Waals surface area (Å²) in [5.74, 6) is -0.475. The Balaban J connectivity index is 1.75. The van der Waals surface area contributed by atoms with E-state index in [1.165, 1.54) is 29.8 Å². The highest BCUT2D eigenvalue weighted by atomic mass is 35.5. The number of nitro benzene ring substituents is 1. The van der Waals surface area contributed by atoms with Crippen molar-refractivity contribution in [2.45, 2.75) is 58.0 Å². The van der Waals surface area contributed by atoms with Crippen LogP contribution < -0.4 is 0 Å². The van der Waals surface area contributed by atoms with Crippen molar-refractivity contribution in [3.8, 4) is 0 Å². The second-order valence-electron chi connectivity index (χ2n) is 7.55. The maximum Gasteiger partial charge on any atom is 0.338 e. The topological polar surface area (TPSA) is 69.4 Å². The molecule has 0 spiro atoms. The number of benzene rings is 2. The summed E-state index contributed by atoms with van der Waals surface area (Å²) in [5.41, 5.74) is 3.52. The molecule has 6 heteroatoms. The highest BCUT2D eigenvalue weighted by Crippen LogP contribution is 2.36. The van der Waals surface area contributed by atoms with Crippen molar-refractivity contribution in [1.82, 2.24) is 0 Å². The predicted octanol–water partition coefficient (Wildman–Crippen LogP) is 7.21. The fourth-order valence-corrected chi connectivity index (χ4v) is 4.03. The summed E-state index contributed by atoms with van der Waals surface area (Å²) in [5, 5.41) is 11.7. The summed E-state index contributed by atoms with van der Waals surface area (Å²) in [6, 6.07) is 13.6. The lowest BCUT2D eigenvalue weighted by Crippen LogP contribution is -2.12. The quantitative estimate of drug-likeness (QED) is 0.183. The van der Waals surface area contributed by atoms with Crippen molar-refractivity contribution < 1.29 is 14.5 Å². The zero-order valence-electron chi connectivity index (χ0n) is 17.1. The van der Waals surface area contributed by atoms with Crippen molar-refractivity contribution in [2.24, 2.45) is 0 Å². The van der Waals surface area contributed by atoms with Crippen LogP contribution in [0.15, 0.2) is 53.6 Å². The number of carbonyl (C=O) groups is 1. The number of esters is 1. The monoisotopic (exact) mass is 427 g/mol. The fourth-order valence-electron chi connectivity index (χ4n) is 3.70. The minimum Gasteiger partial charge on any atom is -0.454 e. The van der Waals surface area contributed by atoms with Gasteiger partial charge >= 0.3 is 5.97 Å². The minimum atomic E-state index is -0.490. The highest BCUT2D eigenvalue weighted by molar-refractivity contribution is 6.33. The van der Waals surface area contributed by atoms with E-state index in [1.54, 1.807) is 0 Å². The minimum absolute atomic E-state index is 0.0542. The van der Waals surface area contributed by atoms with E-state index >= 15 is 0 Å². The third-order valence-corrected chi connectivity index (χ3v) is 5.83. The molecule has 1 aliphatic carbocycles. The normalized spacial score (nSPS) is 14.6. The van der Waals surface area contributed by atoms with E-state index < -0.39 is 10.9 Å². The molecule has 0 bridgehead atoms. The number of nitro groups is 1. The summed E-state index contributed by atoms with van der Waals surface area (Å²) in [7, 11) is 0. The van der Waals surface area contributed by atoms with Gasteiger partial charge in [0.25, 0.3) is 5.69 Å².